The molecule has 1 amide bonds. The van der Waals surface area contributed by atoms with Crippen LogP contribution in [0, 0.1) is 19.8 Å². The van der Waals surface area contributed by atoms with E-state index in [1.54, 1.807) is 36.9 Å². The zero-order valence-electron chi connectivity index (χ0n) is 17.9. The van der Waals surface area contributed by atoms with Gasteiger partial charge in [-0.25, -0.2) is 8.42 Å². The van der Waals surface area contributed by atoms with Gasteiger partial charge in [0.15, 0.2) is 5.76 Å². The van der Waals surface area contributed by atoms with Crippen LogP contribution in [0.1, 0.15) is 42.1 Å². The van der Waals surface area contributed by atoms with E-state index < -0.39 is 10.0 Å². The van der Waals surface area contributed by atoms with Gasteiger partial charge in [0.2, 0.25) is 10.0 Å². The highest BCUT2D eigenvalue weighted by Gasteiger charge is 2.33. The van der Waals surface area contributed by atoms with Gasteiger partial charge in [-0.2, -0.15) is 4.31 Å². The molecular formula is C21H29N3O5S. The SMILES string of the molecule is Cc1noc(C)c1S(=O)(=O)N1CCCN(C(=O)c2cccc(OCC(C)C)c2)CC1. The topological polar surface area (TPSA) is 93.0 Å². The fourth-order valence-corrected chi connectivity index (χ4v) is 5.23. The van der Waals surface area contributed by atoms with Gasteiger partial charge in [0.25, 0.3) is 5.91 Å². The van der Waals surface area contributed by atoms with Crippen molar-refractivity contribution < 1.29 is 22.5 Å². The zero-order valence-corrected chi connectivity index (χ0v) is 18.7. The molecule has 0 aliphatic carbocycles. The molecule has 164 valence electrons. The fraction of sp³-hybridized carbons (Fsp3) is 0.524. The van der Waals surface area contributed by atoms with E-state index in [9.17, 15) is 13.2 Å². The Hall–Kier alpha value is -2.39. The highest BCUT2D eigenvalue weighted by Crippen LogP contribution is 2.25. The molecule has 0 unspecified atom stereocenters. The first kappa shape index (κ1) is 22.3. The third-order valence-corrected chi connectivity index (χ3v) is 7.12. The quantitative estimate of drug-likeness (QED) is 0.693. The maximum absolute atomic E-state index is 13.1. The van der Waals surface area contributed by atoms with Crippen LogP contribution < -0.4 is 4.74 Å². The summed E-state index contributed by atoms with van der Waals surface area (Å²) in [5.74, 6) is 1.21. The van der Waals surface area contributed by atoms with Gasteiger partial charge in [-0.15, -0.1) is 0 Å². The molecule has 0 N–H and O–H groups in total. The molecule has 1 fully saturated rings. The average molecular weight is 436 g/mol. The number of rotatable bonds is 6. The Kier molecular flexibility index (Phi) is 6.82. The first-order valence-corrected chi connectivity index (χ1v) is 11.6. The molecule has 0 spiro atoms. The van der Waals surface area contributed by atoms with Gasteiger partial charge < -0.3 is 14.2 Å². The second-order valence-corrected chi connectivity index (χ2v) is 9.81. The zero-order chi connectivity index (χ0) is 21.9. The molecule has 30 heavy (non-hydrogen) atoms. The number of ether oxygens (including phenoxy) is 1. The minimum atomic E-state index is -3.72. The number of hydrogen-bond acceptors (Lipinski definition) is 6. The van der Waals surface area contributed by atoms with Crippen molar-refractivity contribution in [2.24, 2.45) is 5.92 Å². The number of benzene rings is 1. The summed E-state index contributed by atoms with van der Waals surface area (Å²) in [4.78, 5) is 14.8. The van der Waals surface area contributed by atoms with Crippen molar-refractivity contribution in [3.63, 3.8) is 0 Å². The fourth-order valence-electron chi connectivity index (χ4n) is 3.47. The molecule has 9 heteroatoms. The van der Waals surface area contributed by atoms with Crippen LogP contribution in [0.25, 0.3) is 0 Å². The Bertz CT molecular complexity index is 980. The van der Waals surface area contributed by atoms with E-state index in [0.717, 1.165) is 0 Å². The summed E-state index contributed by atoms with van der Waals surface area (Å²) in [6.45, 7) is 9.29. The van der Waals surface area contributed by atoms with Crippen LogP contribution in [0.4, 0.5) is 0 Å². The summed E-state index contributed by atoms with van der Waals surface area (Å²) in [6, 6.07) is 7.14. The monoisotopic (exact) mass is 435 g/mol. The summed E-state index contributed by atoms with van der Waals surface area (Å²) in [6.07, 6.45) is 0.553. The molecule has 1 aromatic heterocycles. The summed E-state index contributed by atoms with van der Waals surface area (Å²) in [7, 11) is -3.72. The van der Waals surface area contributed by atoms with Gasteiger partial charge in [-0.1, -0.05) is 25.1 Å². The predicted molar refractivity (Wildman–Crippen MR) is 112 cm³/mol. The third-order valence-electron chi connectivity index (χ3n) is 4.97. The first-order chi connectivity index (χ1) is 14.2. The van der Waals surface area contributed by atoms with E-state index in [1.807, 2.05) is 6.07 Å². The molecule has 1 aliphatic heterocycles. The van der Waals surface area contributed by atoms with Crippen LogP contribution in [0.15, 0.2) is 33.7 Å². The smallest absolute Gasteiger partial charge is 0.254 e. The van der Waals surface area contributed by atoms with E-state index >= 15 is 0 Å². The highest BCUT2D eigenvalue weighted by molar-refractivity contribution is 7.89. The van der Waals surface area contributed by atoms with E-state index in [4.69, 9.17) is 9.26 Å². The van der Waals surface area contributed by atoms with Crippen molar-refractivity contribution in [1.29, 1.82) is 0 Å². The number of nitrogens with zero attached hydrogens (tertiary/aromatic N) is 3. The second kappa shape index (κ2) is 9.18. The third kappa shape index (κ3) is 4.84. The lowest BCUT2D eigenvalue weighted by molar-refractivity contribution is 0.0763. The largest absolute Gasteiger partial charge is 0.493 e. The van der Waals surface area contributed by atoms with Crippen LogP contribution in [0.3, 0.4) is 0 Å². The molecule has 1 aliphatic rings. The number of hydrogen-bond donors (Lipinski definition) is 0. The molecule has 2 aromatic rings. The van der Waals surface area contributed by atoms with Crippen LogP contribution in [-0.4, -0.2) is 61.5 Å². The number of sulfonamides is 1. The molecule has 0 atom stereocenters. The van der Waals surface area contributed by atoms with E-state index in [2.05, 4.69) is 19.0 Å². The van der Waals surface area contributed by atoms with Crippen molar-refractivity contribution in [1.82, 2.24) is 14.4 Å². The van der Waals surface area contributed by atoms with Crippen molar-refractivity contribution in [2.75, 3.05) is 32.8 Å². The molecule has 3 rings (SSSR count). The van der Waals surface area contributed by atoms with Crippen molar-refractivity contribution in [2.45, 2.75) is 39.0 Å². The van der Waals surface area contributed by atoms with Gasteiger partial charge in [0, 0.05) is 31.7 Å². The second-order valence-electron chi connectivity index (χ2n) is 7.94. The van der Waals surface area contributed by atoms with Crippen molar-refractivity contribution in [3.05, 3.63) is 41.3 Å². The maximum atomic E-state index is 13.1. The predicted octanol–water partition coefficient (Wildman–Crippen LogP) is 2.86. The Morgan fingerprint density at radius 2 is 1.97 bits per heavy atom. The standard InChI is InChI=1S/C21H29N3O5S/c1-15(2)14-28-19-8-5-7-18(13-19)21(25)23-9-6-10-24(12-11-23)30(26,27)20-16(3)22-29-17(20)4/h5,7-8,13,15H,6,9-12,14H2,1-4H3. The molecule has 1 aromatic carbocycles. The van der Waals surface area contributed by atoms with Crippen LogP contribution in [-0.2, 0) is 10.0 Å². The Morgan fingerprint density at radius 3 is 2.63 bits per heavy atom. The summed E-state index contributed by atoms with van der Waals surface area (Å²) in [5.41, 5.74) is 0.890. The number of aryl methyl sites for hydroxylation is 2. The number of aromatic nitrogens is 1. The minimum Gasteiger partial charge on any atom is -0.493 e. The maximum Gasteiger partial charge on any atom is 0.254 e. The highest BCUT2D eigenvalue weighted by atomic mass is 32.2. The number of amides is 1. The van der Waals surface area contributed by atoms with E-state index in [0.29, 0.717) is 55.6 Å². The Morgan fingerprint density at radius 1 is 1.20 bits per heavy atom. The van der Waals surface area contributed by atoms with Crippen LogP contribution in [0.2, 0.25) is 0 Å². The minimum absolute atomic E-state index is 0.122. The van der Waals surface area contributed by atoms with Crippen molar-refractivity contribution >= 4 is 15.9 Å². The molecule has 0 saturated carbocycles. The lowest BCUT2D eigenvalue weighted by atomic mass is 10.2. The number of carbonyl (C=O) groups excluding carboxylic acids is 1. The molecule has 0 bridgehead atoms. The first-order valence-electron chi connectivity index (χ1n) is 10.2. The van der Waals surface area contributed by atoms with E-state index in [-0.39, 0.29) is 23.1 Å². The molecule has 2 heterocycles. The average Bonchev–Trinajstić information content (AvgIpc) is 2.91. The van der Waals surface area contributed by atoms with Crippen molar-refractivity contribution in [3.8, 4) is 5.75 Å². The van der Waals surface area contributed by atoms with Crippen LogP contribution >= 0.6 is 0 Å². The Labute approximate surface area is 177 Å². The number of carbonyl (C=O) groups is 1. The van der Waals surface area contributed by atoms with Gasteiger partial charge >= 0.3 is 0 Å². The van der Waals surface area contributed by atoms with E-state index in [1.165, 1.54) is 4.31 Å². The van der Waals surface area contributed by atoms with Gasteiger partial charge in [0.05, 0.1) is 6.61 Å². The lowest BCUT2D eigenvalue weighted by Crippen LogP contribution is -2.37. The summed E-state index contributed by atoms with van der Waals surface area (Å²) < 4.78 is 38.3. The van der Waals surface area contributed by atoms with Crippen LogP contribution in [0.5, 0.6) is 5.75 Å². The normalized spacial score (nSPS) is 16.0. The molecular weight excluding hydrogens is 406 g/mol. The molecule has 1 saturated heterocycles. The van der Waals surface area contributed by atoms with Gasteiger partial charge in [-0.3, -0.25) is 4.79 Å². The van der Waals surface area contributed by atoms with Gasteiger partial charge in [0.1, 0.15) is 16.3 Å². The molecule has 0 radical (unpaired) electrons. The summed E-state index contributed by atoms with van der Waals surface area (Å²) in [5, 5.41) is 3.76. The Balaban J connectivity index is 1.71. The summed E-state index contributed by atoms with van der Waals surface area (Å²) >= 11 is 0. The molecule has 8 nitrogen and oxygen atoms in total. The lowest BCUT2D eigenvalue weighted by Gasteiger charge is -2.22. The van der Waals surface area contributed by atoms with Gasteiger partial charge in [-0.05, 0) is 44.4 Å².